The van der Waals surface area contributed by atoms with Gasteiger partial charge in [-0.05, 0) is 17.7 Å². The molecule has 0 aliphatic rings. The van der Waals surface area contributed by atoms with Gasteiger partial charge in [-0.1, -0.05) is 23.7 Å². The van der Waals surface area contributed by atoms with Crippen LogP contribution >= 0.6 is 11.6 Å². The molecule has 2 rings (SSSR count). The molecule has 0 atom stereocenters. The first-order valence-electron chi connectivity index (χ1n) is 6.15. The van der Waals surface area contributed by atoms with Crippen molar-refractivity contribution in [2.75, 3.05) is 24.3 Å². The van der Waals surface area contributed by atoms with Crippen molar-refractivity contribution in [3.8, 4) is 0 Å². The highest BCUT2D eigenvalue weighted by Crippen LogP contribution is 2.31. The van der Waals surface area contributed by atoms with Crippen LogP contribution in [0.3, 0.4) is 0 Å². The topological polar surface area (TPSA) is 84.2 Å². The van der Waals surface area contributed by atoms with Gasteiger partial charge in [-0.25, -0.2) is 9.97 Å². The maximum atomic E-state index is 11.3. The van der Waals surface area contributed by atoms with Crippen molar-refractivity contribution in [1.29, 1.82) is 0 Å². The van der Waals surface area contributed by atoms with E-state index in [1.54, 1.807) is 25.1 Å². The van der Waals surface area contributed by atoms with Crippen LogP contribution in [0.1, 0.15) is 5.56 Å². The van der Waals surface area contributed by atoms with E-state index < -0.39 is 4.92 Å². The van der Waals surface area contributed by atoms with E-state index in [2.05, 4.69) is 15.3 Å². The van der Waals surface area contributed by atoms with Crippen LogP contribution in [-0.4, -0.2) is 29.0 Å². The molecule has 0 radical (unpaired) electrons. The van der Waals surface area contributed by atoms with Crippen molar-refractivity contribution in [2.24, 2.45) is 0 Å². The van der Waals surface area contributed by atoms with E-state index in [0.717, 1.165) is 5.56 Å². The minimum absolute atomic E-state index is 0.149. The Morgan fingerprint density at radius 3 is 2.81 bits per heavy atom. The number of hydrogen-bond donors (Lipinski definition) is 1. The summed E-state index contributed by atoms with van der Waals surface area (Å²) < 4.78 is 0. The van der Waals surface area contributed by atoms with E-state index in [-0.39, 0.29) is 17.3 Å². The van der Waals surface area contributed by atoms with Crippen molar-refractivity contribution in [2.45, 2.75) is 6.54 Å². The molecule has 0 bridgehead atoms. The first kappa shape index (κ1) is 15.0. The van der Waals surface area contributed by atoms with Crippen LogP contribution in [0.2, 0.25) is 5.02 Å². The van der Waals surface area contributed by atoms with Crippen molar-refractivity contribution >= 4 is 28.9 Å². The van der Waals surface area contributed by atoms with Crippen LogP contribution in [-0.2, 0) is 6.54 Å². The Morgan fingerprint density at radius 2 is 2.19 bits per heavy atom. The van der Waals surface area contributed by atoms with Crippen LogP contribution in [0.15, 0.2) is 30.6 Å². The predicted molar refractivity (Wildman–Crippen MR) is 81.8 cm³/mol. The Morgan fingerprint density at radius 1 is 1.43 bits per heavy atom. The minimum atomic E-state index is -0.490. The van der Waals surface area contributed by atoms with E-state index in [4.69, 9.17) is 11.6 Å². The van der Waals surface area contributed by atoms with Gasteiger partial charge in [0.2, 0.25) is 11.6 Å². The summed E-state index contributed by atoms with van der Waals surface area (Å²) in [5, 5.41) is 14.6. The van der Waals surface area contributed by atoms with Gasteiger partial charge in [0.15, 0.2) is 0 Å². The second-order valence-electron chi connectivity index (χ2n) is 4.39. The van der Waals surface area contributed by atoms with Crippen molar-refractivity contribution in [1.82, 2.24) is 9.97 Å². The van der Waals surface area contributed by atoms with E-state index >= 15 is 0 Å². The number of halogens is 1. The van der Waals surface area contributed by atoms with Crippen LogP contribution in [0.4, 0.5) is 17.3 Å². The molecule has 0 fully saturated rings. The monoisotopic (exact) mass is 307 g/mol. The van der Waals surface area contributed by atoms with Crippen molar-refractivity contribution < 1.29 is 4.92 Å². The SMILES string of the molecule is CNc1ncnc(N(C)Cc2cccc(Cl)c2)c1[N+](=O)[O-]. The molecule has 1 aromatic carbocycles. The fraction of sp³-hybridized carbons (Fsp3) is 0.231. The molecule has 1 N–H and O–H groups in total. The van der Waals surface area contributed by atoms with Crippen molar-refractivity contribution in [3.63, 3.8) is 0 Å². The third-order valence-electron chi connectivity index (χ3n) is 2.89. The lowest BCUT2D eigenvalue weighted by molar-refractivity contribution is -0.383. The van der Waals surface area contributed by atoms with Gasteiger partial charge in [-0.2, -0.15) is 0 Å². The van der Waals surface area contributed by atoms with Crippen LogP contribution in [0.5, 0.6) is 0 Å². The molecule has 0 spiro atoms. The molecule has 0 aliphatic heterocycles. The van der Waals surface area contributed by atoms with E-state index in [9.17, 15) is 10.1 Å². The second-order valence-corrected chi connectivity index (χ2v) is 4.82. The Labute approximate surface area is 126 Å². The van der Waals surface area contributed by atoms with Crippen LogP contribution in [0.25, 0.3) is 0 Å². The number of anilines is 2. The fourth-order valence-corrected chi connectivity index (χ4v) is 2.20. The molecule has 0 saturated carbocycles. The molecule has 2 aromatic rings. The highest BCUT2D eigenvalue weighted by Gasteiger charge is 2.24. The number of nitrogens with one attached hydrogen (secondary N) is 1. The summed E-state index contributed by atoms with van der Waals surface area (Å²) in [6.07, 6.45) is 1.29. The standard InChI is InChI=1S/C13H14ClN5O2/c1-15-12-11(19(20)21)13(17-8-16-12)18(2)7-9-4-3-5-10(14)6-9/h3-6,8H,7H2,1-2H3,(H,15,16,17). The van der Waals surface area contributed by atoms with E-state index in [1.165, 1.54) is 6.33 Å². The first-order valence-corrected chi connectivity index (χ1v) is 6.53. The summed E-state index contributed by atoms with van der Waals surface area (Å²) in [4.78, 5) is 20.3. The molecule has 1 heterocycles. The maximum Gasteiger partial charge on any atom is 0.353 e. The summed E-state index contributed by atoms with van der Waals surface area (Å²) in [6.45, 7) is 0.446. The Kier molecular flexibility index (Phi) is 4.54. The van der Waals surface area contributed by atoms with Gasteiger partial charge in [0.05, 0.1) is 4.92 Å². The quantitative estimate of drug-likeness (QED) is 0.675. The number of nitrogens with zero attached hydrogens (tertiary/aromatic N) is 4. The molecule has 0 aliphatic carbocycles. The summed E-state index contributed by atoms with van der Waals surface area (Å²) in [6, 6.07) is 7.31. The third kappa shape index (κ3) is 3.38. The maximum absolute atomic E-state index is 11.3. The van der Waals surface area contributed by atoms with Crippen LogP contribution < -0.4 is 10.2 Å². The molecule has 110 valence electrons. The molecule has 7 nitrogen and oxygen atoms in total. The fourth-order valence-electron chi connectivity index (χ4n) is 1.98. The summed E-state index contributed by atoms with van der Waals surface area (Å²) in [5.41, 5.74) is 0.786. The average molecular weight is 308 g/mol. The zero-order valence-corrected chi connectivity index (χ0v) is 12.3. The van der Waals surface area contributed by atoms with Crippen LogP contribution in [0, 0.1) is 10.1 Å². The summed E-state index contributed by atoms with van der Waals surface area (Å²) in [7, 11) is 3.31. The lowest BCUT2D eigenvalue weighted by Gasteiger charge is -2.18. The van der Waals surface area contributed by atoms with Gasteiger partial charge in [0.1, 0.15) is 6.33 Å². The molecule has 0 amide bonds. The van der Waals surface area contributed by atoms with E-state index in [1.807, 2.05) is 18.2 Å². The second kappa shape index (κ2) is 6.36. The number of hydrogen-bond acceptors (Lipinski definition) is 6. The number of benzene rings is 1. The van der Waals surface area contributed by atoms with Gasteiger partial charge in [-0.15, -0.1) is 0 Å². The zero-order chi connectivity index (χ0) is 15.4. The Hall–Kier alpha value is -2.41. The lowest BCUT2D eigenvalue weighted by atomic mass is 10.2. The number of nitro groups is 1. The minimum Gasteiger partial charge on any atom is -0.367 e. The first-order chi connectivity index (χ1) is 10.0. The molecular weight excluding hydrogens is 294 g/mol. The molecule has 0 unspecified atom stereocenters. The Balaban J connectivity index is 2.35. The van der Waals surface area contributed by atoms with Gasteiger partial charge >= 0.3 is 5.69 Å². The summed E-state index contributed by atoms with van der Waals surface area (Å²) >= 11 is 5.94. The van der Waals surface area contributed by atoms with Gasteiger partial charge in [0, 0.05) is 25.7 Å². The molecular formula is C13H14ClN5O2. The van der Waals surface area contributed by atoms with Gasteiger partial charge in [0.25, 0.3) is 0 Å². The largest absolute Gasteiger partial charge is 0.367 e. The highest BCUT2D eigenvalue weighted by molar-refractivity contribution is 6.30. The van der Waals surface area contributed by atoms with Gasteiger partial charge < -0.3 is 10.2 Å². The summed E-state index contributed by atoms with van der Waals surface area (Å²) in [5.74, 6) is 0.433. The lowest BCUT2D eigenvalue weighted by Crippen LogP contribution is -2.20. The molecule has 21 heavy (non-hydrogen) atoms. The normalized spacial score (nSPS) is 10.2. The zero-order valence-electron chi connectivity index (χ0n) is 11.6. The number of rotatable bonds is 5. The predicted octanol–water partition coefficient (Wildman–Crippen LogP) is 2.72. The van der Waals surface area contributed by atoms with E-state index in [0.29, 0.717) is 11.6 Å². The van der Waals surface area contributed by atoms with Gasteiger partial charge in [-0.3, -0.25) is 10.1 Å². The average Bonchev–Trinajstić information content (AvgIpc) is 2.46. The molecule has 0 saturated heterocycles. The molecule has 1 aromatic heterocycles. The number of aromatic nitrogens is 2. The Bertz CT molecular complexity index is 665. The third-order valence-corrected chi connectivity index (χ3v) is 3.13. The smallest absolute Gasteiger partial charge is 0.353 e. The van der Waals surface area contributed by atoms with Crippen molar-refractivity contribution in [3.05, 3.63) is 51.3 Å². The molecule has 8 heteroatoms. The highest BCUT2D eigenvalue weighted by atomic mass is 35.5.